The molecule has 2 aromatic rings. The van der Waals surface area contributed by atoms with Crippen LogP contribution in [-0.4, -0.2) is 19.7 Å². The zero-order chi connectivity index (χ0) is 17.1. The van der Waals surface area contributed by atoms with Crippen molar-refractivity contribution in [2.24, 2.45) is 0 Å². The Morgan fingerprint density at radius 3 is 2.50 bits per heavy atom. The van der Waals surface area contributed by atoms with Crippen LogP contribution in [0.2, 0.25) is 0 Å². The maximum atomic E-state index is 14.2. The molecule has 1 atom stereocenters. The van der Waals surface area contributed by atoms with Gasteiger partial charge in [0.2, 0.25) is 0 Å². The van der Waals surface area contributed by atoms with E-state index in [-0.39, 0.29) is 17.6 Å². The first-order valence-electron chi connectivity index (χ1n) is 7.93. The van der Waals surface area contributed by atoms with E-state index in [4.69, 9.17) is 4.84 Å². The van der Waals surface area contributed by atoms with E-state index in [1.165, 1.54) is 29.3 Å². The summed E-state index contributed by atoms with van der Waals surface area (Å²) in [7, 11) is 1.87. The summed E-state index contributed by atoms with van der Waals surface area (Å²) in [4.78, 5) is 5.93. The molecule has 1 aliphatic heterocycles. The molecule has 0 radical (unpaired) electrons. The molecule has 0 aromatic heterocycles. The summed E-state index contributed by atoms with van der Waals surface area (Å²) in [5.41, 5.74) is 1.44. The standard InChI is InChI=1S/C18H19F3N2O/c1-22-8-2-3-15-10-12-9-13(19)4-6-17(12)23(24-15)18-7-5-14(20)11-16(18)21/h4-7,9,11,15,22H,2-3,8,10H2,1H3. The normalized spacial score (nSPS) is 17.0. The number of anilines is 2. The number of halogens is 3. The fourth-order valence-electron chi connectivity index (χ4n) is 2.90. The third-order valence-corrected chi connectivity index (χ3v) is 4.04. The molecule has 1 N–H and O–H groups in total. The van der Waals surface area contributed by atoms with Crippen molar-refractivity contribution in [2.45, 2.75) is 25.4 Å². The lowest BCUT2D eigenvalue weighted by molar-refractivity contribution is 0.0358. The Labute approximate surface area is 139 Å². The van der Waals surface area contributed by atoms with E-state index in [0.717, 1.165) is 31.0 Å². The second-order valence-corrected chi connectivity index (χ2v) is 5.84. The number of rotatable bonds is 5. The summed E-state index contributed by atoms with van der Waals surface area (Å²) in [5, 5.41) is 4.41. The molecular weight excluding hydrogens is 317 g/mol. The van der Waals surface area contributed by atoms with Crippen LogP contribution in [0, 0.1) is 17.5 Å². The van der Waals surface area contributed by atoms with Gasteiger partial charge in [0.05, 0.1) is 11.8 Å². The third kappa shape index (κ3) is 3.55. The van der Waals surface area contributed by atoms with Crippen LogP contribution in [0.25, 0.3) is 0 Å². The number of nitrogens with zero attached hydrogens (tertiary/aromatic N) is 1. The van der Waals surface area contributed by atoms with Gasteiger partial charge in [0.25, 0.3) is 0 Å². The first kappa shape index (κ1) is 16.8. The molecule has 24 heavy (non-hydrogen) atoms. The summed E-state index contributed by atoms with van der Waals surface area (Å²) >= 11 is 0. The Morgan fingerprint density at radius 1 is 1.08 bits per heavy atom. The molecule has 1 aliphatic rings. The molecule has 0 bridgehead atoms. The molecule has 1 unspecified atom stereocenters. The van der Waals surface area contributed by atoms with E-state index in [0.29, 0.717) is 12.1 Å². The number of benzene rings is 2. The van der Waals surface area contributed by atoms with Crippen molar-refractivity contribution < 1.29 is 18.0 Å². The van der Waals surface area contributed by atoms with Crippen molar-refractivity contribution in [1.29, 1.82) is 0 Å². The van der Waals surface area contributed by atoms with Gasteiger partial charge in [-0.2, -0.15) is 0 Å². The van der Waals surface area contributed by atoms with Crippen LogP contribution in [0.5, 0.6) is 0 Å². The molecule has 3 rings (SSSR count). The SMILES string of the molecule is CNCCCC1Cc2cc(F)ccc2N(c2ccc(F)cc2F)O1. The highest BCUT2D eigenvalue weighted by Gasteiger charge is 2.28. The predicted molar refractivity (Wildman–Crippen MR) is 86.6 cm³/mol. The van der Waals surface area contributed by atoms with E-state index in [1.807, 2.05) is 7.05 Å². The van der Waals surface area contributed by atoms with Gasteiger partial charge in [0.15, 0.2) is 5.82 Å². The zero-order valence-electron chi connectivity index (χ0n) is 13.4. The lowest BCUT2D eigenvalue weighted by Crippen LogP contribution is -2.34. The highest BCUT2D eigenvalue weighted by atomic mass is 19.1. The van der Waals surface area contributed by atoms with Gasteiger partial charge in [-0.1, -0.05) is 0 Å². The van der Waals surface area contributed by atoms with Crippen molar-refractivity contribution in [3.05, 3.63) is 59.4 Å². The van der Waals surface area contributed by atoms with E-state index in [2.05, 4.69) is 5.32 Å². The average molecular weight is 336 g/mol. The molecule has 0 aliphatic carbocycles. The highest BCUT2D eigenvalue weighted by Crippen LogP contribution is 2.37. The minimum Gasteiger partial charge on any atom is -0.320 e. The van der Waals surface area contributed by atoms with Crippen LogP contribution in [0.3, 0.4) is 0 Å². The number of fused-ring (bicyclic) bond motifs is 1. The van der Waals surface area contributed by atoms with Crippen molar-refractivity contribution in [3.8, 4) is 0 Å². The minimum absolute atomic E-state index is 0.113. The van der Waals surface area contributed by atoms with Crippen molar-refractivity contribution in [1.82, 2.24) is 5.32 Å². The molecule has 0 fully saturated rings. The first-order valence-corrected chi connectivity index (χ1v) is 7.93. The van der Waals surface area contributed by atoms with Crippen LogP contribution in [0.15, 0.2) is 36.4 Å². The second-order valence-electron chi connectivity index (χ2n) is 5.84. The lowest BCUT2D eigenvalue weighted by Gasteiger charge is -2.35. The minimum atomic E-state index is -0.721. The van der Waals surface area contributed by atoms with Gasteiger partial charge < -0.3 is 5.32 Å². The van der Waals surface area contributed by atoms with Crippen molar-refractivity contribution >= 4 is 11.4 Å². The molecule has 0 saturated heterocycles. The van der Waals surface area contributed by atoms with E-state index >= 15 is 0 Å². The van der Waals surface area contributed by atoms with Crippen LogP contribution in [0.4, 0.5) is 24.5 Å². The Hall–Kier alpha value is -2.05. The first-order chi connectivity index (χ1) is 11.6. The molecule has 0 amide bonds. The van der Waals surface area contributed by atoms with Crippen LogP contribution >= 0.6 is 0 Å². The van der Waals surface area contributed by atoms with E-state index < -0.39 is 11.6 Å². The maximum absolute atomic E-state index is 14.2. The fraction of sp³-hybridized carbons (Fsp3) is 0.333. The third-order valence-electron chi connectivity index (χ3n) is 4.04. The highest BCUT2D eigenvalue weighted by molar-refractivity contribution is 5.65. The van der Waals surface area contributed by atoms with Crippen LogP contribution < -0.4 is 10.4 Å². The number of hydrogen-bond donors (Lipinski definition) is 1. The monoisotopic (exact) mass is 336 g/mol. The summed E-state index contributed by atoms with van der Waals surface area (Å²) in [6.45, 7) is 0.834. The molecule has 128 valence electrons. The van der Waals surface area contributed by atoms with Crippen molar-refractivity contribution in [2.75, 3.05) is 18.7 Å². The van der Waals surface area contributed by atoms with Crippen molar-refractivity contribution in [3.63, 3.8) is 0 Å². The number of hydrogen-bond acceptors (Lipinski definition) is 3. The molecule has 2 aromatic carbocycles. The van der Waals surface area contributed by atoms with Crippen LogP contribution in [0.1, 0.15) is 18.4 Å². The average Bonchev–Trinajstić information content (AvgIpc) is 2.54. The molecular formula is C18H19F3N2O. The van der Waals surface area contributed by atoms with Crippen LogP contribution in [-0.2, 0) is 11.3 Å². The summed E-state index contributed by atoms with van der Waals surface area (Å²) < 4.78 is 41.0. The van der Waals surface area contributed by atoms with Gasteiger partial charge in [0, 0.05) is 12.5 Å². The number of nitrogens with one attached hydrogen (secondary N) is 1. The Kier molecular flexibility index (Phi) is 5.06. The molecule has 0 saturated carbocycles. The Bertz CT molecular complexity index is 723. The molecule has 3 nitrogen and oxygen atoms in total. The van der Waals surface area contributed by atoms with Gasteiger partial charge in [-0.05, 0) is 62.3 Å². The van der Waals surface area contributed by atoms with Gasteiger partial charge >= 0.3 is 0 Å². The molecule has 6 heteroatoms. The van der Waals surface area contributed by atoms with Gasteiger partial charge in [-0.25, -0.2) is 18.2 Å². The summed E-state index contributed by atoms with van der Waals surface area (Å²) in [6.07, 6.45) is 1.98. The lowest BCUT2D eigenvalue weighted by atomic mass is 10.00. The predicted octanol–water partition coefficient (Wildman–Crippen LogP) is 4.10. The zero-order valence-corrected chi connectivity index (χ0v) is 13.4. The van der Waals surface area contributed by atoms with E-state index in [1.54, 1.807) is 6.07 Å². The van der Waals surface area contributed by atoms with Gasteiger partial charge in [-0.15, -0.1) is 0 Å². The fourth-order valence-corrected chi connectivity index (χ4v) is 2.90. The Balaban J connectivity index is 1.94. The topological polar surface area (TPSA) is 24.5 Å². The maximum Gasteiger partial charge on any atom is 0.152 e. The van der Waals surface area contributed by atoms with E-state index in [9.17, 15) is 13.2 Å². The molecule has 0 spiro atoms. The smallest absolute Gasteiger partial charge is 0.152 e. The molecule has 1 heterocycles. The summed E-state index contributed by atoms with van der Waals surface area (Å²) in [5.74, 6) is -1.72. The summed E-state index contributed by atoms with van der Waals surface area (Å²) in [6, 6.07) is 7.61. The van der Waals surface area contributed by atoms with Gasteiger partial charge in [0.1, 0.15) is 17.3 Å². The quantitative estimate of drug-likeness (QED) is 0.832. The largest absolute Gasteiger partial charge is 0.320 e. The van der Waals surface area contributed by atoms with Gasteiger partial charge in [-0.3, -0.25) is 4.84 Å². The Morgan fingerprint density at radius 2 is 1.79 bits per heavy atom. The second kappa shape index (κ2) is 7.23.